The van der Waals surface area contributed by atoms with Crippen LogP contribution in [-0.4, -0.2) is 54.6 Å². The van der Waals surface area contributed by atoms with Crippen LogP contribution in [0, 0.1) is 0 Å². The zero-order chi connectivity index (χ0) is 21.5. The number of ketones is 1. The molecule has 1 aliphatic heterocycles. The van der Waals surface area contributed by atoms with Crippen molar-refractivity contribution in [2.24, 2.45) is 5.73 Å². The van der Waals surface area contributed by atoms with Crippen LogP contribution in [0.5, 0.6) is 0 Å². The van der Waals surface area contributed by atoms with Gasteiger partial charge in [0.2, 0.25) is 5.91 Å². The van der Waals surface area contributed by atoms with Crippen LogP contribution in [0.25, 0.3) is 0 Å². The Bertz CT molecular complexity index is 909. The lowest BCUT2D eigenvalue weighted by molar-refractivity contribution is -0.117. The van der Waals surface area contributed by atoms with Crippen molar-refractivity contribution in [2.45, 2.75) is 18.2 Å². The molecule has 7 nitrogen and oxygen atoms in total. The quantitative estimate of drug-likeness (QED) is 0.524. The summed E-state index contributed by atoms with van der Waals surface area (Å²) in [6, 6.07) is 15.0. The van der Waals surface area contributed by atoms with E-state index in [1.54, 1.807) is 11.8 Å². The van der Waals surface area contributed by atoms with E-state index in [-0.39, 0.29) is 17.7 Å². The van der Waals surface area contributed by atoms with E-state index in [1.807, 2.05) is 48.5 Å². The number of urea groups is 1. The maximum atomic E-state index is 12.7. The molecule has 0 radical (unpaired) electrons. The van der Waals surface area contributed by atoms with Gasteiger partial charge in [0.1, 0.15) is 0 Å². The topological polar surface area (TPSA) is 95.7 Å². The fourth-order valence-corrected chi connectivity index (χ4v) is 4.20. The van der Waals surface area contributed by atoms with Crippen LogP contribution in [0.3, 0.4) is 0 Å². The fourth-order valence-electron chi connectivity index (χ4n) is 3.23. The summed E-state index contributed by atoms with van der Waals surface area (Å²) in [5.74, 6) is 0.289. The van der Waals surface area contributed by atoms with Crippen molar-refractivity contribution < 1.29 is 14.4 Å². The number of hydrogen-bond acceptors (Lipinski definition) is 5. The molecule has 0 saturated carbocycles. The fraction of sp³-hybridized carbons (Fsp3) is 0.318. The molecule has 0 bridgehead atoms. The van der Waals surface area contributed by atoms with E-state index in [0.717, 1.165) is 29.4 Å². The lowest BCUT2D eigenvalue weighted by Gasteiger charge is -2.36. The highest BCUT2D eigenvalue weighted by Crippen LogP contribution is 2.28. The first kappa shape index (κ1) is 21.7. The van der Waals surface area contributed by atoms with Crippen LogP contribution in [-0.2, 0) is 4.79 Å². The number of benzene rings is 2. The van der Waals surface area contributed by atoms with Crippen LogP contribution in [0.15, 0.2) is 53.4 Å². The van der Waals surface area contributed by atoms with Crippen molar-refractivity contribution in [1.82, 2.24) is 4.90 Å². The molecule has 3 N–H and O–H groups in total. The van der Waals surface area contributed by atoms with E-state index < -0.39 is 0 Å². The number of thioether (sulfide) groups is 1. The summed E-state index contributed by atoms with van der Waals surface area (Å²) >= 11 is 1.50. The summed E-state index contributed by atoms with van der Waals surface area (Å²) in [5.41, 5.74) is 7.68. The summed E-state index contributed by atoms with van der Waals surface area (Å²) in [7, 11) is 0. The van der Waals surface area contributed by atoms with Gasteiger partial charge in [0.15, 0.2) is 5.78 Å². The summed E-state index contributed by atoms with van der Waals surface area (Å²) in [4.78, 5) is 40.0. The van der Waals surface area contributed by atoms with Gasteiger partial charge in [-0.15, -0.1) is 11.8 Å². The minimum atomic E-state index is -0.335. The number of rotatable bonds is 7. The molecule has 1 fully saturated rings. The van der Waals surface area contributed by atoms with E-state index in [0.29, 0.717) is 30.8 Å². The molecule has 1 saturated heterocycles. The Kier molecular flexibility index (Phi) is 7.35. The molecule has 3 rings (SSSR count). The smallest absolute Gasteiger partial charge is 0.321 e. The standard InChI is InChI=1S/C22H26N4O3S/c1-16(27)17-6-8-18(9-7-17)25-11-13-26(14-12-25)22(29)24-19-4-2-3-5-20(19)30-15-10-21(23)28/h2-9H,10-15H2,1H3,(H2,23,28)(H,24,29). The second-order valence-corrected chi connectivity index (χ2v) is 8.20. The van der Waals surface area contributed by atoms with Crippen molar-refractivity contribution in [2.75, 3.05) is 42.1 Å². The number of hydrogen-bond donors (Lipinski definition) is 2. The number of amides is 3. The predicted octanol–water partition coefficient (Wildman–Crippen LogP) is 3.21. The largest absolute Gasteiger partial charge is 0.370 e. The number of nitrogens with two attached hydrogens (primary N) is 1. The maximum Gasteiger partial charge on any atom is 0.321 e. The molecule has 2 aromatic carbocycles. The molecule has 30 heavy (non-hydrogen) atoms. The summed E-state index contributed by atoms with van der Waals surface area (Å²) in [5, 5.41) is 2.99. The lowest BCUT2D eigenvalue weighted by atomic mass is 10.1. The van der Waals surface area contributed by atoms with E-state index in [9.17, 15) is 14.4 Å². The monoisotopic (exact) mass is 426 g/mol. The van der Waals surface area contributed by atoms with Crippen molar-refractivity contribution in [3.8, 4) is 0 Å². The highest BCUT2D eigenvalue weighted by molar-refractivity contribution is 7.99. The first-order valence-corrected chi connectivity index (χ1v) is 10.8. The third-order valence-electron chi connectivity index (χ3n) is 4.94. The van der Waals surface area contributed by atoms with Crippen LogP contribution < -0.4 is 16.0 Å². The third kappa shape index (κ3) is 5.76. The average molecular weight is 427 g/mol. The number of para-hydroxylation sites is 1. The van der Waals surface area contributed by atoms with Gasteiger partial charge in [-0.05, 0) is 43.3 Å². The van der Waals surface area contributed by atoms with Crippen LogP contribution >= 0.6 is 11.8 Å². The van der Waals surface area contributed by atoms with E-state index in [1.165, 1.54) is 11.8 Å². The molecule has 2 aromatic rings. The lowest BCUT2D eigenvalue weighted by Crippen LogP contribution is -2.50. The SMILES string of the molecule is CC(=O)c1ccc(N2CCN(C(=O)Nc3ccccc3SCCC(N)=O)CC2)cc1. The number of carbonyl (C=O) groups is 3. The number of nitrogens with one attached hydrogen (secondary N) is 1. The van der Waals surface area contributed by atoms with Gasteiger partial charge in [-0.1, -0.05) is 12.1 Å². The Hall–Kier alpha value is -3.00. The minimum absolute atomic E-state index is 0.0520. The van der Waals surface area contributed by atoms with Gasteiger partial charge in [-0.3, -0.25) is 9.59 Å². The molecule has 8 heteroatoms. The number of carbonyl (C=O) groups excluding carboxylic acids is 3. The van der Waals surface area contributed by atoms with E-state index in [4.69, 9.17) is 5.73 Å². The molecule has 0 aliphatic carbocycles. The molecule has 0 unspecified atom stereocenters. The van der Waals surface area contributed by atoms with Crippen molar-refractivity contribution >= 4 is 40.9 Å². The Morgan fingerprint density at radius 1 is 1.00 bits per heavy atom. The Morgan fingerprint density at radius 2 is 1.67 bits per heavy atom. The van der Waals surface area contributed by atoms with Gasteiger partial charge < -0.3 is 20.9 Å². The van der Waals surface area contributed by atoms with Crippen LogP contribution in [0.4, 0.5) is 16.2 Å². The normalized spacial score (nSPS) is 13.8. The average Bonchev–Trinajstić information content (AvgIpc) is 2.75. The summed E-state index contributed by atoms with van der Waals surface area (Å²) in [6.07, 6.45) is 0.294. The Balaban J connectivity index is 1.54. The van der Waals surface area contributed by atoms with Gasteiger partial charge in [0.05, 0.1) is 5.69 Å². The van der Waals surface area contributed by atoms with Crippen LogP contribution in [0.1, 0.15) is 23.7 Å². The molecule has 0 atom stereocenters. The number of piperazine rings is 1. The number of primary amides is 1. The van der Waals surface area contributed by atoms with Crippen molar-refractivity contribution in [1.29, 1.82) is 0 Å². The van der Waals surface area contributed by atoms with Crippen molar-refractivity contribution in [3.05, 3.63) is 54.1 Å². The molecule has 1 aliphatic rings. The summed E-state index contributed by atoms with van der Waals surface area (Å²) in [6.45, 7) is 4.22. The zero-order valence-electron chi connectivity index (χ0n) is 17.0. The highest BCUT2D eigenvalue weighted by atomic mass is 32.2. The predicted molar refractivity (Wildman–Crippen MR) is 120 cm³/mol. The second kappa shape index (κ2) is 10.2. The molecule has 0 aromatic heterocycles. The summed E-state index contributed by atoms with van der Waals surface area (Å²) < 4.78 is 0. The molecular weight excluding hydrogens is 400 g/mol. The highest BCUT2D eigenvalue weighted by Gasteiger charge is 2.22. The van der Waals surface area contributed by atoms with Gasteiger partial charge >= 0.3 is 6.03 Å². The van der Waals surface area contributed by atoms with Crippen LogP contribution in [0.2, 0.25) is 0 Å². The molecular formula is C22H26N4O3S. The number of Topliss-reactive ketones (excluding diaryl/α,β-unsaturated/α-hetero) is 1. The van der Waals surface area contributed by atoms with E-state index >= 15 is 0 Å². The van der Waals surface area contributed by atoms with Crippen molar-refractivity contribution in [3.63, 3.8) is 0 Å². The molecule has 0 spiro atoms. The zero-order valence-corrected chi connectivity index (χ0v) is 17.8. The first-order chi connectivity index (χ1) is 14.4. The Labute approximate surface area is 180 Å². The molecule has 1 heterocycles. The second-order valence-electron chi connectivity index (χ2n) is 7.07. The van der Waals surface area contributed by atoms with Gasteiger partial charge in [-0.25, -0.2) is 4.79 Å². The minimum Gasteiger partial charge on any atom is -0.370 e. The van der Waals surface area contributed by atoms with E-state index in [2.05, 4.69) is 10.2 Å². The first-order valence-electron chi connectivity index (χ1n) is 9.86. The van der Waals surface area contributed by atoms with Gasteiger partial charge in [0.25, 0.3) is 0 Å². The number of anilines is 2. The van der Waals surface area contributed by atoms with Gasteiger partial charge in [0, 0.05) is 54.5 Å². The molecule has 3 amide bonds. The third-order valence-corrected chi connectivity index (χ3v) is 6.02. The molecule has 158 valence electrons. The Morgan fingerprint density at radius 3 is 2.30 bits per heavy atom. The van der Waals surface area contributed by atoms with Gasteiger partial charge in [-0.2, -0.15) is 0 Å². The maximum absolute atomic E-state index is 12.7. The number of nitrogens with zero attached hydrogens (tertiary/aromatic N) is 2.